The van der Waals surface area contributed by atoms with Crippen molar-refractivity contribution in [2.45, 2.75) is 71.6 Å². The molecule has 0 unspecified atom stereocenters. The molecule has 0 aliphatic carbocycles. The van der Waals surface area contributed by atoms with Gasteiger partial charge in [-0.2, -0.15) is 0 Å². The number of fused-ring (bicyclic) bond motifs is 1. The largest absolute Gasteiger partial charge is 0.444 e. The van der Waals surface area contributed by atoms with E-state index in [2.05, 4.69) is 25.5 Å². The first-order valence-electron chi connectivity index (χ1n) is 12.0. The molecule has 0 bridgehead atoms. The summed E-state index contributed by atoms with van der Waals surface area (Å²) < 4.78 is 11.3. The number of hydrogen-bond donors (Lipinski definition) is 1. The maximum atomic E-state index is 13.1. The van der Waals surface area contributed by atoms with Crippen molar-refractivity contribution in [1.29, 1.82) is 0 Å². The summed E-state index contributed by atoms with van der Waals surface area (Å²) in [4.78, 5) is 35.9. The number of nitrogens with one attached hydrogen (secondary N) is 1. The molecular weight excluding hydrogens is 496 g/mol. The van der Waals surface area contributed by atoms with Crippen LogP contribution in [0.25, 0.3) is 11.3 Å². The zero-order chi connectivity index (χ0) is 27.0. The van der Waals surface area contributed by atoms with Gasteiger partial charge in [0.1, 0.15) is 5.60 Å². The van der Waals surface area contributed by atoms with Gasteiger partial charge in [0.25, 0.3) is 0 Å². The topological polar surface area (TPSA) is 123 Å². The molecule has 2 amide bonds. The summed E-state index contributed by atoms with van der Waals surface area (Å²) >= 11 is 6.00. The number of amides is 2. The van der Waals surface area contributed by atoms with Gasteiger partial charge in [-0.05, 0) is 62.1 Å². The van der Waals surface area contributed by atoms with Crippen LogP contribution in [0.3, 0.4) is 0 Å². The van der Waals surface area contributed by atoms with Crippen LogP contribution in [-0.2, 0) is 16.7 Å². The lowest BCUT2D eigenvalue weighted by Crippen LogP contribution is -2.37. The van der Waals surface area contributed by atoms with Crippen LogP contribution >= 0.6 is 11.6 Å². The second kappa shape index (κ2) is 10.1. The van der Waals surface area contributed by atoms with E-state index >= 15 is 0 Å². The Morgan fingerprint density at radius 2 is 1.89 bits per heavy atom. The molecule has 37 heavy (non-hydrogen) atoms. The Morgan fingerprint density at radius 1 is 1.14 bits per heavy atom. The fourth-order valence-electron chi connectivity index (χ4n) is 3.93. The van der Waals surface area contributed by atoms with E-state index in [0.29, 0.717) is 31.1 Å². The first-order valence-corrected chi connectivity index (χ1v) is 12.4. The molecule has 0 radical (unpaired) electrons. The van der Waals surface area contributed by atoms with E-state index in [1.165, 1.54) is 0 Å². The first-order chi connectivity index (χ1) is 17.3. The van der Waals surface area contributed by atoms with E-state index < -0.39 is 23.6 Å². The third-order valence-corrected chi connectivity index (χ3v) is 5.89. The average molecular weight is 527 g/mol. The minimum absolute atomic E-state index is 0.105. The van der Waals surface area contributed by atoms with Crippen molar-refractivity contribution in [2.75, 3.05) is 6.54 Å². The van der Waals surface area contributed by atoms with E-state index in [9.17, 15) is 9.59 Å². The summed E-state index contributed by atoms with van der Waals surface area (Å²) in [5.74, 6) is -0.202. The molecule has 11 heteroatoms. The molecule has 1 aliphatic rings. The molecule has 2 aromatic heterocycles. The van der Waals surface area contributed by atoms with Crippen LogP contribution in [-0.4, -0.2) is 49.2 Å². The Kier molecular flexibility index (Phi) is 7.23. The average Bonchev–Trinajstić information content (AvgIpc) is 3.24. The molecule has 1 N–H and O–H groups in total. The normalized spacial score (nSPS) is 16.1. The van der Waals surface area contributed by atoms with Gasteiger partial charge in [-0.3, -0.25) is 4.79 Å². The highest BCUT2D eigenvalue weighted by molar-refractivity contribution is 6.28. The van der Waals surface area contributed by atoms with Crippen molar-refractivity contribution in [2.24, 2.45) is 0 Å². The van der Waals surface area contributed by atoms with Crippen LogP contribution in [0, 0.1) is 0 Å². The molecule has 0 saturated heterocycles. The number of rotatable bonds is 3. The number of benzene rings is 1. The standard InChI is InChI=1S/C26H31ClN6O4/c1-25(2,3)22-32-31-21(36-22)20(34)29-19-10-12-33(24(35)37-26(4,5)6)14-16-13-15(7-8-17(16)19)18-9-11-28-23(27)30-18/h7-9,11,13,19H,10,12,14H2,1-6H3,(H,29,34)/t19-/m1/s1. The van der Waals surface area contributed by atoms with Gasteiger partial charge in [0.15, 0.2) is 0 Å². The number of aromatic nitrogens is 4. The molecule has 0 saturated carbocycles. The molecule has 3 aromatic rings. The van der Waals surface area contributed by atoms with Crippen molar-refractivity contribution in [3.8, 4) is 11.3 Å². The molecule has 10 nitrogen and oxygen atoms in total. The maximum absolute atomic E-state index is 13.1. The molecule has 3 heterocycles. The van der Waals surface area contributed by atoms with Gasteiger partial charge >= 0.3 is 17.9 Å². The highest BCUT2D eigenvalue weighted by Crippen LogP contribution is 2.32. The second-order valence-electron chi connectivity index (χ2n) is 11.0. The summed E-state index contributed by atoms with van der Waals surface area (Å²) in [5.41, 5.74) is 2.17. The van der Waals surface area contributed by atoms with Gasteiger partial charge in [-0.15, -0.1) is 10.2 Å². The zero-order valence-corrected chi connectivity index (χ0v) is 22.6. The predicted octanol–water partition coefficient (Wildman–Crippen LogP) is 5.09. The van der Waals surface area contributed by atoms with Crippen LogP contribution in [0.2, 0.25) is 5.28 Å². The summed E-state index contributed by atoms with van der Waals surface area (Å²) in [6, 6.07) is 7.14. The van der Waals surface area contributed by atoms with Crippen molar-refractivity contribution >= 4 is 23.6 Å². The van der Waals surface area contributed by atoms with Crippen LogP contribution in [0.4, 0.5) is 4.79 Å². The Morgan fingerprint density at radius 3 is 2.54 bits per heavy atom. The smallest absolute Gasteiger partial charge is 0.410 e. The Bertz CT molecular complexity index is 1310. The molecule has 4 rings (SSSR count). The minimum Gasteiger partial charge on any atom is -0.444 e. The SMILES string of the molecule is CC(C)(C)OC(=O)N1CC[C@@H](NC(=O)c2nnc(C(C)(C)C)o2)c2ccc(-c3ccnc(Cl)n3)cc2C1. The van der Waals surface area contributed by atoms with Gasteiger partial charge in [0.2, 0.25) is 11.2 Å². The summed E-state index contributed by atoms with van der Waals surface area (Å²) in [5, 5.41) is 11.1. The van der Waals surface area contributed by atoms with Crippen molar-refractivity contribution in [3.63, 3.8) is 0 Å². The highest BCUT2D eigenvalue weighted by Gasteiger charge is 2.31. The molecule has 1 aliphatic heterocycles. The van der Waals surface area contributed by atoms with Gasteiger partial charge in [0, 0.05) is 30.3 Å². The van der Waals surface area contributed by atoms with Gasteiger partial charge in [0.05, 0.1) is 11.7 Å². The number of carbonyl (C=O) groups excluding carboxylic acids is 2. The Labute approximate surface area is 220 Å². The number of carbonyl (C=O) groups is 2. The molecular formula is C26H31ClN6O4. The zero-order valence-electron chi connectivity index (χ0n) is 21.8. The van der Waals surface area contributed by atoms with Gasteiger partial charge < -0.3 is 19.4 Å². The van der Waals surface area contributed by atoms with Crippen LogP contribution in [0.5, 0.6) is 0 Å². The van der Waals surface area contributed by atoms with E-state index in [4.69, 9.17) is 20.8 Å². The highest BCUT2D eigenvalue weighted by atomic mass is 35.5. The predicted molar refractivity (Wildman–Crippen MR) is 137 cm³/mol. The molecule has 196 valence electrons. The Balaban J connectivity index is 1.66. The summed E-state index contributed by atoms with van der Waals surface area (Å²) in [6.45, 7) is 11.9. The van der Waals surface area contributed by atoms with Crippen molar-refractivity contribution < 1.29 is 18.7 Å². The second-order valence-corrected chi connectivity index (χ2v) is 11.3. The molecule has 1 atom stereocenters. The van der Waals surface area contributed by atoms with Gasteiger partial charge in [-0.1, -0.05) is 32.9 Å². The van der Waals surface area contributed by atoms with Crippen LogP contribution in [0.15, 0.2) is 34.9 Å². The maximum Gasteiger partial charge on any atom is 0.410 e. The number of nitrogens with zero attached hydrogens (tertiary/aromatic N) is 5. The fourth-order valence-corrected chi connectivity index (χ4v) is 4.08. The number of ether oxygens (including phenoxy) is 1. The molecule has 0 fully saturated rings. The van der Waals surface area contributed by atoms with E-state index in [1.807, 2.05) is 59.7 Å². The van der Waals surface area contributed by atoms with Crippen LogP contribution in [0.1, 0.15) is 81.7 Å². The third kappa shape index (κ3) is 6.43. The van der Waals surface area contributed by atoms with E-state index in [1.54, 1.807) is 17.2 Å². The third-order valence-electron chi connectivity index (χ3n) is 5.71. The quantitative estimate of drug-likeness (QED) is 0.468. The lowest BCUT2D eigenvalue weighted by atomic mass is 9.96. The van der Waals surface area contributed by atoms with Crippen molar-refractivity contribution in [3.05, 3.63) is 58.7 Å². The van der Waals surface area contributed by atoms with Crippen LogP contribution < -0.4 is 5.32 Å². The molecule has 0 spiro atoms. The minimum atomic E-state index is -0.637. The van der Waals surface area contributed by atoms with Crippen molar-refractivity contribution in [1.82, 2.24) is 30.4 Å². The summed E-state index contributed by atoms with van der Waals surface area (Å²) in [7, 11) is 0. The lowest BCUT2D eigenvalue weighted by molar-refractivity contribution is 0.0234. The molecule has 1 aromatic carbocycles. The fraction of sp³-hybridized carbons (Fsp3) is 0.462. The van der Waals surface area contributed by atoms with Gasteiger partial charge in [-0.25, -0.2) is 14.8 Å². The number of halogens is 1. The lowest BCUT2D eigenvalue weighted by Gasteiger charge is -2.26. The van der Waals surface area contributed by atoms with E-state index in [0.717, 1.165) is 16.7 Å². The first kappa shape index (κ1) is 26.5. The Hall–Kier alpha value is -3.53. The van der Waals surface area contributed by atoms with E-state index in [-0.39, 0.29) is 16.6 Å². The number of hydrogen-bond acceptors (Lipinski definition) is 8. The summed E-state index contributed by atoms with van der Waals surface area (Å²) in [6.07, 6.45) is 1.63. The monoisotopic (exact) mass is 526 g/mol.